The van der Waals surface area contributed by atoms with Crippen LogP contribution in [0, 0.1) is 0 Å². The molecule has 0 amide bonds. The lowest BCUT2D eigenvalue weighted by atomic mass is 9.87. The van der Waals surface area contributed by atoms with Gasteiger partial charge in [0.25, 0.3) is 0 Å². The Balaban J connectivity index is 2.69. The van der Waals surface area contributed by atoms with Crippen molar-refractivity contribution in [2.45, 2.75) is 64.0 Å². The topological polar surface area (TPSA) is 21.3 Å². The van der Waals surface area contributed by atoms with Crippen molar-refractivity contribution in [2.75, 3.05) is 13.7 Å². The lowest BCUT2D eigenvalue weighted by Gasteiger charge is -2.37. The van der Waals surface area contributed by atoms with E-state index in [1.807, 2.05) is 7.11 Å². The van der Waals surface area contributed by atoms with E-state index in [0.29, 0.717) is 6.04 Å². The summed E-state index contributed by atoms with van der Waals surface area (Å²) < 4.78 is 5.86. The molecule has 0 saturated heterocycles. The van der Waals surface area contributed by atoms with Crippen molar-refractivity contribution in [3.63, 3.8) is 0 Å². The first kappa shape index (κ1) is 13.7. The second-order valence-electron chi connectivity index (χ2n) is 4.89. The highest BCUT2D eigenvalue weighted by atomic mass is 16.5. The highest BCUT2D eigenvalue weighted by Gasteiger charge is 2.40. The van der Waals surface area contributed by atoms with E-state index in [1.165, 1.54) is 31.3 Å². The Morgan fingerprint density at radius 3 is 2.44 bits per heavy atom. The smallest absolute Gasteiger partial charge is 0.0834 e. The van der Waals surface area contributed by atoms with Gasteiger partial charge in [-0.3, -0.25) is 0 Å². The fourth-order valence-corrected chi connectivity index (χ4v) is 2.79. The molecule has 2 nitrogen and oxygen atoms in total. The van der Waals surface area contributed by atoms with Crippen LogP contribution in [0.25, 0.3) is 0 Å². The summed E-state index contributed by atoms with van der Waals surface area (Å²) in [6.07, 6.45) is 7.11. The summed E-state index contributed by atoms with van der Waals surface area (Å²) in [5, 5.41) is 3.60. The van der Waals surface area contributed by atoms with Gasteiger partial charge >= 0.3 is 0 Å². The minimum Gasteiger partial charge on any atom is -0.377 e. The predicted octanol–water partition coefficient (Wildman–Crippen LogP) is 3.28. The van der Waals surface area contributed by atoms with Crippen LogP contribution in [0.5, 0.6) is 0 Å². The second-order valence-corrected chi connectivity index (χ2v) is 4.89. The Morgan fingerprint density at radius 1 is 1.38 bits per heavy atom. The molecule has 0 heterocycles. The van der Waals surface area contributed by atoms with Crippen LogP contribution in [0.4, 0.5) is 0 Å². The highest BCUT2D eigenvalue weighted by Crippen LogP contribution is 2.37. The van der Waals surface area contributed by atoms with Gasteiger partial charge in [0, 0.05) is 13.2 Å². The van der Waals surface area contributed by atoms with Gasteiger partial charge in [-0.1, -0.05) is 38.8 Å². The Kier molecular flexibility index (Phi) is 5.50. The third-order valence-corrected chi connectivity index (χ3v) is 3.93. The summed E-state index contributed by atoms with van der Waals surface area (Å²) in [4.78, 5) is 0. The number of hydrogen-bond acceptors (Lipinski definition) is 2. The molecule has 1 N–H and O–H groups in total. The van der Waals surface area contributed by atoms with Gasteiger partial charge in [-0.05, 0) is 32.2 Å². The van der Waals surface area contributed by atoms with Gasteiger partial charge in [0.2, 0.25) is 0 Å². The molecule has 0 bridgehead atoms. The molecule has 1 rings (SSSR count). The zero-order valence-electron chi connectivity index (χ0n) is 11.1. The van der Waals surface area contributed by atoms with E-state index in [1.54, 1.807) is 0 Å². The van der Waals surface area contributed by atoms with Crippen molar-refractivity contribution < 1.29 is 4.74 Å². The van der Waals surface area contributed by atoms with E-state index in [9.17, 15) is 0 Å². The first-order valence-electron chi connectivity index (χ1n) is 6.63. The molecule has 1 unspecified atom stereocenters. The van der Waals surface area contributed by atoms with Crippen LogP contribution in [0.15, 0.2) is 12.2 Å². The van der Waals surface area contributed by atoms with Crippen molar-refractivity contribution in [1.29, 1.82) is 0 Å². The summed E-state index contributed by atoms with van der Waals surface area (Å²) in [6.45, 7) is 9.49. The lowest BCUT2D eigenvalue weighted by Crippen LogP contribution is -2.50. The van der Waals surface area contributed by atoms with E-state index >= 15 is 0 Å². The van der Waals surface area contributed by atoms with Crippen LogP contribution in [0.1, 0.15) is 52.4 Å². The molecular formula is C14H27NO. The molecule has 0 aromatic carbocycles. The van der Waals surface area contributed by atoms with Gasteiger partial charge in [0.1, 0.15) is 0 Å². The maximum Gasteiger partial charge on any atom is 0.0834 e. The number of rotatable bonds is 7. The van der Waals surface area contributed by atoms with E-state index < -0.39 is 0 Å². The minimum absolute atomic E-state index is 0.0636. The van der Waals surface area contributed by atoms with Crippen LogP contribution in [0.3, 0.4) is 0 Å². The maximum atomic E-state index is 5.86. The largest absolute Gasteiger partial charge is 0.377 e. The Bertz CT molecular complexity index is 219. The molecule has 0 radical (unpaired) electrons. The van der Waals surface area contributed by atoms with Crippen molar-refractivity contribution >= 4 is 0 Å². The van der Waals surface area contributed by atoms with Gasteiger partial charge in [-0.2, -0.15) is 0 Å². The fraction of sp³-hybridized carbons (Fsp3) is 0.857. The Labute approximate surface area is 100 Å². The number of hydrogen-bond donors (Lipinski definition) is 1. The molecule has 1 aliphatic carbocycles. The molecule has 1 atom stereocenters. The van der Waals surface area contributed by atoms with Crippen LogP contribution >= 0.6 is 0 Å². The SMILES string of the molecule is C=C(CC)CC(NCC)C1(OC)CCCC1. The summed E-state index contributed by atoms with van der Waals surface area (Å²) in [7, 11) is 1.87. The van der Waals surface area contributed by atoms with Crippen molar-refractivity contribution in [3.05, 3.63) is 12.2 Å². The normalized spacial score (nSPS) is 20.9. The van der Waals surface area contributed by atoms with Crippen LogP contribution < -0.4 is 5.32 Å². The maximum absolute atomic E-state index is 5.86. The average Bonchev–Trinajstić information content (AvgIpc) is 2.78. The van der Waals surface area contributed by atoms with Gasteiger partial charge in [-0.25, -0.2) is 0 Å². The third kappa shape index (κ3) is 3.08. The molecular weight excluding hydrogens is 198 g/mol. The van der Waals surface area contributed by atoms with Crippen molar-refractivity contribution in [1.82, 2.24) is 5.32 Å². The highest BCUT2D eigenvalue weighted by molar-refractivity contribution is 5.05. The van der Waals surface area contributed by atoms with Crippen LogP contribution in [-0.2, 0) is 4.74 Å². The summed E-state index contributed by atoms with van der Waals surface area (Å²) >= 11 is 0. The molecule has 16 heavy (non-hydrogen) atoms. The lowest BCUT2D eigenvalue weighted by molar-refractivity contribution is -0.0352. The van der Waals surface area contributed by atoms with E-state index in [4.69, 9.17) is 4.74 Å². The molecule has 1 saturated carbocycles. The standard InChI is InChI=1S/C14H27NO/c1-5-12(3)11-13(15-6-2)14(16-4)9-7-8-10-14/h13,15H,3,5-11H2,1-2,4H3. The summed E-state index contributed by atoms with van der Waals surface area (Å²) in [5.74, 6) is 0. The zero-order valence-corrected chi connectivity index (χ0v) is 11.1. The quantitative estimate of drug-likeness (QED) is 0.671. The number of likely N-dealkylation sites (N-methyl/N-ethyl adjacent to an activating group) is 1. The Morgan fingerprint density at radius 2 is 2.00 bits per heavy atom. The molecule has 0 aromatic rings. The first-order chi connectivity index (χ1) is 7.68. The molecule has 1 fully saturated rings. The van der Waals surface area contributed by atoms with Gasteiger partial charge < -0.3 is 10.1 Å². The molecule has 0 spiro atoms. The summed E-state index contributed by atoms with van der Waals surface area (Å²) in [6, 6.07) is 0.442. The monoisotopic (exact) mass is 225 g/mol. The molecule has 94 valence electrons. The van der Waals surface area contributed by atoms with Crippen LogP contribution in [-0.4, -0.2) is 25.3 Å². The summed E-state index contributed by atoms with van der Waals surface area (Å²) in [5.41, 5.74) is 1.39. The van der Waals surface area contributed by atoms with Crippen LogP contribution in [0.2, 0.25) is 0 Å². The van der Waals surface area contributed by atoms with Gasteiger partial charge in [0.15, 0.2) is 0 Å². The molecule has 0 aliphatic heterocycles. The number of ether oxygens (including phenoxy) is 1. The molecule has 0 aromatic heterocycles. The minimum atomic E-state index is 0.0636. The fourth-order valence-electron chi connectivity index (χ4n) is 2.79. The van der Waals surface area contributed by atoms with Crippen molar-refractivity contribution in [2.24, 2.45) is 0 Å². The van der Waals surface area contributed by atoms with Gasteiger partial charge in [-0.15, -0.1) is 0 Å². The Hall–Kier alpha value is -0.340. The first-order valence-corrected chi connectivity index (χ1v) is 6.63. The third-order valence-electron chi connectivity index (χ3n) is 3.93. The number of methoxy groups -OCH3 is 1. The predicted molar refractivity (Wildman–Crippen MR) is 69.7 cm³/mol. The van der Waals surface area contributed by atoms with Crippen molar-refractivity contribution in [3.8, 4) is 0 Å². The zero-order chi connectivity index (χ0) is 12.0. The van der Waals surface area contributed by atoms with E-state index in [2.05, 4.69) is 25.7 Å². The van der Waals surface area contributed by atoms with E-state index in [-0.39, 0.29) is 5.60 Å². The van der Waals surface area contributed by atoms with E-state index in [0.717, 1.165) is 19.4 Å². The molecule has 1 aliphatic rings. The average molecular weight is 225 g/mol. The second kappa shape index (κ2) is 6.41. The van der Waals surface area contributed by atoms with Gasteiger partial charge in [0.05, 0.1) is 5.60 Å². The number of nitrogens with one attached hydrogen (secondary N) is 1. The molecule has 2 heteroatoms.